The first kappa shape index (κ1) is 32.7. The number of fused-ring (bicyclic) bond motifs is 5. The molecule has 9 aromatic carbocycles. The Morgan fingerprint density at radius 3 is 1.49 bits per heavy atom. The van der Waals surface area contributed by atoms with Gasteiger partial charge >= 0.3 is 0 Å². The van der Waals surface area contributed by atoms with E-state index in [0.29, 0.717) is 17.5 Å². The lowest BCUT2D eigenvalue weighted by Gasteiger charge is -2.13. The first-order valence-electron chi connectivity index (χ1n) is 19.2. The first-order valence-corrected chi connectivity index (χ1v) is 19.2. The van der Waals surface area contributed by atoms with Crippen molar-refractivity contribution in [1.29, 1.82) is 0 Å². The molecule has 0 saturated heterocycles. The maximum Gasteiger partial charge on any atom is 0.164 e. The molecule has 0 saturated carbocycles. The Morgan fingerprint density at radius 2 is 0.807 bits per heavy atom. The molecule has 0 bridgehead atoms. The molecule has 11 aromatic rings. The molecule has 0 aliphatic rings. The second-order valence-corrected chi connectivity index (χ2v) is 14.4. The van der Waals surface area contributed by atoms with Crippen LogP contribution in [0.5, 0.6) is 0 Å². The zero-order chi connectivity index (χ0) is 37.7. The highest BCUT2D eigenvalue weighted by molar-refractivity contribution is 6.16. The standard InChI is InChI=1S/C53H33N3O/c1-2-15-36(16-3-1)43-21-8-9-22-44(43)39-19-12-20-40(33-39)45-29-30-47(49-46-23-10-11-24-48(46)57-50(45)49)53-55-51(41-27-25-34-13-4-6-17-37(34)31-41)54-52(56-53)42-28-26-35-14-5-7-18-38(35)32-42/h1-33H. The molecule has 0 spiro atoms. The lowest BCUT2D eigenvalue weighted by Crippen LogP contribution is -2.00. The smallest absolute Gasteiger partial charge is 0.164 e. The van der Waals surface area contributed by atoms with Crippen molar-refractivity contribution in [3.8, 4) is 67.5 Å². The van der Waals surface area contributed by atoms with Gasteiger partial charge in [0.2, 0.25) is 0 Å². The van der Waals surface area contributed by atoms with Crippen LogP contribution in [0.1, 0.15) is 0 Å². The van der Waals surface area contributed by atoms with Crippen molar-refractivity contribution in [3.05, 3.63) is 200 Å². The molecule has 0 unspecified atom stereocenters. The molecule has 0 aliphatic heterocycles. The van der Waals surface area contributed by atoms with Gasteiger partial charge in [0.15, 0.2) is 17.5 Å². The molecule has 11 rings (SSSR count). The monoisotopic (exact) mass is 727 g/mol. The van der Waals surface area contributed by atoms with E-state index in [1.165, 1.54) is 27.5 Å². The number of rotatable bonds is 6. The van der Waals surface area contributed by atoms with E-state index in [-0.39, 0.29) is 0 Å². The van der Waals surface area contributed by atoms with Gasteiger partial charge in [-0.05, 0) is 85.8 Å². The third-order valence-electron chi connectivity index (χ3n) is 10.9. The van der Waals surface area contributed by atoms with Crippen LogP contribution in [0.2, 0.25) is 0 Å². The van der Waals surface area contributed by atoms with Gasteiger partial charge in [0, 0.05) is 33.0 Å². The molecule has 0 atom stereocenters. The zero-order valence-electron chi connectivity index (χ0n) is 30.8. The predicted octanol–water partition coefficient (Wildman–Crippen LogP) is 14.1. The molecular weight excluding hydrogens is 695 g/mol. The van der Waals surface area contributed by atoms with Crippen LogP contribution in [0.15, 0.2) is 205 Å². The van der Waals surface area contributed by atoms with E-state index in [2.05, 4.69) is 188 Å². The maximum absolute atomic E-state index is 6.79. The Kier molecular flexibility index (Phi) is 7.78. The number of hydrogen-bond donors (Lipinski definition) is 0. The maximum atomic E-state index is 6.79. The summed E-state index contributed by atoms with van der Waals surface area (Å²) in [5, 5.41) is 6.57. The van der Waals surface area contributed by atoms with Crippen LogP contribution in [-0.2, 0) is 0 Å². The molecule has 0 N–H and O–H groups in total. The van der Waals surface area contributed by atoms with E-state index in [4.69, 9.17) is 19.4 Å². The summed E-state index contributed by atoms with van der Waals surface area (Å²) in [5.41, 5.74) is 11.1. The molecule has 2 heterocycles. The Morgan fingerprint density at radius 1 is 0.298 bits per heavy atom. The van der Waals surface area contributed by atoms with Crippen LogP contribution in [0.3, 0.4) is 0 Å². The molecule has 0 amide bonds. The molecule has 4 nitrogen and oxygen atoms in total. The average molecular weight is 728 g/mol. The van der Waals surface area contributed by atoms with Crippen LogP contribution in [0.4, 0.5) is 0 Å². The van der Waals surface area contributed by atoms with Crippen molar-refractivity contribution in [2.75, 3.05) is 0 Å². The van der Waals surface area contributed by atoms with Gasteiger partial charge < -0.3 is 4.42 Å². The molecule has 4 heteroatoms. The van der Waals surface area contributed by atoms with Crippen molar-refractivity contribution in [3.63, 3.8) is 0 Å². The van der Waals surface area contributed by atoms with E-state index in [1.807, 2.05) is 12.1 Å². The van der Waals surface area contributed by atoms with Crippen LogP contribution in [-0.4, -0.2) is 15.0 Å². The molecular formula is C53H33N3O. The van der Waals surface area contributed by atoms with Gasteiger partial charge in [-0.2, -0.15) is 0 Å². The third-order valence-corrected chi connectivity index (χ3v) is 10.9. The Hall–Kier alpha value is -7.69. The number of aromatic nitrogens is 3. The van der Waals surface area contributed by atoms with Crippen molar-refractivity contribution in [1.82, 2.24) is 15.0 Å². The molecule has 2 aromatic heterocycles. The number of nitrogens with zero attached hydrogens (tertiary/aromatic N) is 3. The normalized spacial score (nSPS) is 11.5. The third kappa shape index (κ3) is 5.83. The van der Waals surface area contributed by atoms with Gasteiger partial charge in [-0.25, -0.2) is 15.0 Å². The van der Waals surface area contributed by atoms with Crippen molar-refractivity contribution < 1.29 is 4.42 Å². The fourth-order valence-corrected chi connectivity index (χ4v) is 8.11. The number of para-hydroxylation sites is 1. The van der Waals surface area contributed by atoms with Crippen LogP contribution < -0.4 is 0 Å². The minimum Gasteiger partial charge on any atom is -0.455 e. The van der Waals surface area contributed by atoms with E-state index >= 15 is 0 Å². The number of furan rings is 1. The van der Waals surface area contributed by atoms with Gasteiger partial charge in [-0.3, -0.25) is 0 Å². The molecule has 0 fully saturated rings. The summed E-state index contributed by atoms with van der Waals surface area (Å²) in [4.78, 5) is 15.6. The van der Waals surface area contributed by atoms with Crippen molar-refractivity contribution >= 4 is 43.5 Å². The van der Waals surface area contributed by atoms with E-state index in [1.54, 1.807) is 0 Å². The zero-order valence-corrected chi connectivity index (χ0v) is 30.8. The SMILES string of the molecule is c1ccc(-c2ccccc2-c2cccc(-c3ccc(-c4nc(-c5ccc6ccccc6c5)nc(-c5ccc6ccccc6c5)n4)c4c3oc3ccccc34)c2)cc1. The summed E-state index contributed by atoms with van der Waals surface area (Å²) < 4.78 is 6.79. The topological polar surface area (TPSA) is 51.8 Å². The Balaban J connectivity index is 1.12. The van der Waals surface area contributed by atoms with Crippen LogP contribution in [0.25, 0.3) is 111 Å². The van der Waals surface area contributed by atoms with Gasteiger partial charge in [0.1, 0.15) is 11.2 Å². The summed E-state index contributed by atoms with van der Waals surface area (Å²) in [5.74, 6) is 1.82. The minimum atomic E-state index is 0.588. The molecule has 0 aliphatic carbocycles. The predicted molar refractivity (Wildman–Crippen MR) is 235 cm³/mol. The van der Waals surface area contributed by atoms with E-state index in [0.717, 1.165) is 66.1 Å². The van der Waals surface area contributed by atoms with Crippen LogP contribution >= 0.6 is 0 Å². The van der Waals surface area contributed by atoms with E-state index < -0.39 is 0 Å². The quantitative estimate of drug-likeness (QED) is 0.171. The van der Waals surface area contributed by atoms with Crippen molar-refractivity contribution in [2.24, 2.45) is 0 Å². The highest BCUT2D eigenvalue weighted by atomic mass is 16.3. The fourth-order valence-electron chi connectivity index (χ4n) is 8.11. The van der Waals surface area contributed by atoms with Crippen molar-refractivity contribution in [2.45, 2.75) is 0 Å². The van der Waals surface area contributed by atoms with Gasteiger partial charge in [0.25, 0.3) is 0 Å². The fraction of sp³-hybridized carbons (Fsp3) is 0. The minimum absolute atomic E-state index is 0.588. The summed E-state index contributed by atoms with van der Waals surface area (Å²) in [7, 11) is 0. The first-order chi connectivity index (χ1) is 28.2. The molecule has 0 radical (unpaired) electrons. The largest absolute Gasteiger partial charge is 0.455 e. The van der Waals surface area contributed by atoms with Gasteiger partial charge in [-0.1, -0.05) is 164 Å². The molecule has 57 heavy (non-hydrogen) atoms. The highest BCUT2D eigenvalue weighted by Crippen LogP contribution is 2.43. The lowest BCUT2D eigenvalue weighted by atomic mass is 9.92. The summed E-state index contributed by atoms with van der Waals surface area (Å²) >= 11 is 0. The molecule has 266 valence electrons. The van der Waals surface area contributed by atoms with E-state index in [9.17, 15) is 0 Å². The highest BCUT2D eigenvalue weighted by Gasteiger charge is 2.21. The van der Waals surface area contributed by atoms with Gasteiger partial charge in [-0.15, -0.1) is 0 Å². The summed E-state index contributed by atoms with van der Waals surface area (Å²) in [6, 6.07) is 69.9. The second-order valence-electron chi connectivity index (χ2n) is 14.4. The summed E-state index contributed by atoms with van der Waals surface area (Å²) in [6.45, 7) is 0. The second kappa shape index (κ2) is 13.6. The van der Waals surface area contributed by atoms with Crippen LogP contribution in [0, 0.1) is 0 Å². The number of benzene rings is 9. The average Bonchev–Trinajstić information content (AvgIpc) is 3.68. The Labute approximate surface area is 329 Å². The lowest BCUT2D eigenvalue weighted by molar-refractivity contribution is 0.670. The Bertz CT molecular complexity index is 3210. The number of hydrogen-bond acceptors (Lipinski definition) is 4. The van der Waals surface area contributed by atoms with Gasteiger partial charge in [0.05, 0.1) is 0 Å². The summed E-state index contributed by atoms with van der Waals surface area (Å²) in [6.07, 6.45) is 0.